The van der Waals surface area contributed by atoms with E-state index in [1.807, 2.05) is 12.1 Å². The monoisotopic (exact) mass is 291 g/mol. The summed E-state index contributed by atoms with van der Waals surface area (Å²) < 4.78 is 0. The van der Waals surface area contributed by atoms with Crippen LogP contribution in [-0.2, 0) is 6.54 Å². The summed E-state index contributed by atoms with van der Waals surface area (Å²) in [5, 5.41) is 13.4. The molecule has 0 amide bonds. The molecule has 0 fully saturated rings. The number of halogens is 2. The lowest BCUT2D eigenvalue weighted by molar-refractivity contribution is 0.629. The first-order valence-electron chi connectivity index (χ1n) is 5.67. The van der Waals surface area contributed by atoms with Crippen LogP contribution < -0.4 is 5.32 Å². The van der Waals surface area contributed by atoms with Crippen molar-refractivity contribution in [3.63, 3.8) is 0 Å². The van der Waals surface area contributed by atoms with E-state index < -0.39 is 6.04 Å². The van der Waals surface area contributed by atoms with Gasteiger partial charge in [0.05, 0.1) is 6.07 Å². The predicted octanol–water partition coefficient (Wildman–Crippen LogP) is 3.74. The van der Waals surface area contributed by atoms with Gasteiger partial charge in [0.15, 0.2) is 0 Å². The number of aromatic nitrogens is 1. The lowest BCUT2D eigenvalue weighted by Gasteiger charge is -2.13. The van der Waals surface area contributed by atoms with Gasteiger partial charge in [0.2, 0.25) is 0 Å². The molecule has 3 nitrogen and oxygen atoms in total. The van der Waals surface area contributed by atoms with Crippen molar-refractivity contribution in [2.45, 2.75) is 12.6 Å². The fourth-order valence-electron chi connectivity index (χ4n) is 1.68. The van der Waals surface area contributed by atoms with Gasteiger partial charge in [0.25, 0.3) is 0 Å². The molecule has 1 unspecified atom stereocenters. The van der Waals surface area contributed by atoms with Crippen LogP contribution in [0.15, 0.2) is 42.7 Å². The van der Waals surface area contributed by atoms with Crippen molar-refractivity contribution in [2.75, 3.05) is 0 Å². The van der Waals surface area contributed by atoms with Gasteiger partial charge < -0.3 is 0 Å². The second-order valence-electron chi connectivity index (χ2n) is 3.97. The fourth-order valence-corrected chi connectivity index (χ4v) is 2.20. The van der Waals surface area contributed by atoms with Gasteiger partial charge in [0, 0.05) is 34.5 Å². The molecule has 0 saturated carbocycles. The van der Waals surface area contributed by atoms with Crippen molar-refractivity contribution in [1.29, 1.82) is 5.26 Å². The van der Waals surface area contributed by atoms with Crippen LogP contribution in [-0.4, -0.2) is 4.98 Å². The Morgan fingerprint density at radius 2 is 2.16 bits per heavy atom. The molecule has 1 heterocycles. The van der Waals surface area contributed by atoms with Crippen LogP contribution in [0.4, 0.5) is 0 Å². The van der Waals surface area contributed by atoms with Crippen molar-refractivity contribution in [1.82, 2.24) is 10.3 Å². The van der Waals surface area contributed by atoms with E-state index in [-0.39, 0.29) is 0 Å². The van der Waals surface area contributed by atoms with Crippen LogP contribution in [0.5, 0.6) is 0 Å². The smallest absolute Gasteiger partial charge is 0.123 e. The van der Waals surface area contributed by atoms with Crippen molar-refractivity contribution < 1.29 is 0 Å². The summed E-state index contributed by atoms with van der Waals surface area (Å²) >= 11 is 11.9. The van der Waals surface area contributed by atoms with E-state index >= 15 is 0 Å². The Labute approximate surface area is 121 Å². The molecular formula is C14H11Cl2N3. The Hall–Kier alpha value is -1.60. The molecule has 0 aliphatic rings. The van der Waals surface area contributed by atoms with E-state index in [4.69, 9.17) is 23.2 Å². The van der Waals surface area contributed by atoms with Gasteiger partial charge in [0.1, 0.15) is 6.04 Å². The number of nitriles is 1. The molecule has 5 heteroatoms. The average molecular weight is 292 g/mol. The minimum absolute atomic E-state index is 0.482. The molecule has 0 saturated heterocycles. The predicted molar refractivity (Wildman–Crippen MR) is 75.9 cm³/mol. The molecular weight excluding hydrogens is 281 g/mol. The lowest BCUT2D eigenvalue weighted by atomic mass is 10.1. The normalized spacial score (nSPS) is 11.8. The van der Waals surface area contributed by atoms with E-state index in [2.05, 4.69) is 16.4 Å². The first-order valence-corrected chi connectivity index (χ1v) is 6.43. The zero-order chi connectivity index (χ0) is 13.7. The van der Waals surface area contributed by atoms with Gasteiger partial charge in [-0.1, -0.05) is 35.3 Å². The summed E-state index contributed by atoms with van der Waals surface area (Å²) in [4.78, 5) is 4.02. The van der Waals surface area contributed by atoms with E-state index in [1.165, 1.54) is 0 Å². The summed E-state index contributed by atoms with van der Waals surface area (Å²) in [6.07, 6.45) is 3.46. The van der Waals surface area contributed by atoms with Crippen LogP contribution >= 0.6 is 23.2 Å². The Morgan fingerprint density at radius 3 is 2.79 bits per heavy atom. The Kier molecular flexibility index (Phi) is 4.75. The fraction of sp³-hybridized carbons (Fsp3) is 0.143. The molecule has 19 heavy (non-hydrogen) atoms. The quantitative estimate of drug-likeness (QED) is 0.933. The Balaban J connectivity index is 2.11. The average Bonchev–Trinajstić information content (AvgIpc) is 2.42. The zero-order valence-electron chi connectivity index (χ0n) is 9.98. The van der Waals surface area contributed by atoms with E-state index in [0.29, 0.717) is 16.6 Å². The van der Waals surface area contributed by atoms with Crippen LogP contribution in [0.1, 0.15) is 17.2 Å². The lowest BCUT2D eigenvalue weighted by Crippen LogP contribution is -2.19. The number of nitrogens with zero attached hydrogens (tertiary/aromatic N) is 2. The SMILES string of the molecule is N#CC(NCc1cccnc1)c1ccc(Cl)cc1Cl. The summed E-state index contributed by atoms with van der Waals surface area (Å²) in [5.74, 6) is 0. The highest BCUT2D eigenvalue weighted by Crippen LogP contribution is 2.26. The highest BCUT2D eigenvalue weighted by molar-refractivity contribution is 6.35. The van der Waals surface area contributed by atoms with E-state index in [0.717, 1.165) is 11.1 Å². The number of nitrogens with one attached hydrogen (secondary N) is 1. The number of pyridine rings is 1. The molecule has 0 bridgehead atoms. The summed E-state index contributed by atoms with van der Waals surface area (Å²) in [6.45, 7) is 0.547. The minimum Gasteiger partial charge on any atom is -0.294 e. The van der Waals surface area contributed by atoms with Crippen molar-refractivity contribution >= 4 is 23.2 Å². The van der Waals surface area contributed by atoms with Gasteiger partial charge in [-0.2, -0.15) is 5.26 Å². The third kappa shape index (κ3) is 3.68. The summed E-state index contributed by atoms with van der Waals surface area (Å²) in [6, 6.07) is 10.6. The van der Waals surface area contributed by atoms with Gasteiger partial charge >= 0.3 is 0 Å². The highest BCUT2D eigenvalue weighted by Gasteiger charge is 2.13. The van der Waals surface area contributed by atoms with E-state index in [9.17, 15) is 5.26 Å². The zero-order valence-corrected chi connectivity index (χ0v) is 11.5. The van der Waals surface area contributed by atoms with E-state index in [1.54, 1.807) is 30.6 Å². The maximum absolute atomic E-state index is 9.23. The largest absolute Gasteiger partial charge is 0.294 e. The maximum atomic E-state index is 9.23. The third-order valence-corrected chi connectivity index (χ3v) is 3.20. The standard InChI is InChI=1S/C14H11Cl2N3/c15-11-3-4-12(13(16)6-11)14(7-17)19-9-10-2-1-5-18-8-10/h1-6,8,14,19H,9H2. The molecule has 1 atom stereocenters. The molecule has 0 aliphatic heterocycles. The van der Waals surface area contributed by atoms with Crippen LogP contribution in [0.2, 0.25) is 10.0 Å². The van der Waals surface area contributed by atoms with Crippen molar-refractivity contribution in [2.24, 2.45) is 0 Å². The number of hydrogen-bond donors (Lipinski definition) is 1. The molecule has 0 spiro atoms. The van der Waals surface area contributed by atoms with Crippen LogP contribution in [0.25, 0.3) is 0 Å². The maximum Gasteiger partial charge on any atom is 0.123 e. The van der Waals surface area contributed by atoms with Gasteiger partial charge in [-0.3, -0.25) is 10.3 Å². The van der Waals surface area contributed by atoms with Gasteiger partial charge in [-0.25, -0.2) is 0 Å². The molecule has 2 rings (SSSR count). The Morgan fingerprint density at radius 1 is 1.32 bits per heavy atom. The first-order chi connectivity index (χ1) is 9.20. The summed E-state index contributed by atoms with van der Waals surface area (Å²) in [5.41, 5.74) is 1.73. The van der Waals surface area contributed by atoms with Crippen molar-refractivity contribution in [3.05, 3.63) is 63.9 Å². The van der Waals surface area contributed by atoms with Crippen LogP contribution in [0, 0.1) is 11.3 Å². The first kappa shape index (κ1) is 13.8. The molecule has 2 aromatic rings. The van der Waals surface area contributed by atoms with Gasteiger partial charge in [-0.15, -0.1) is 0 Å². The van der Waals surface area contributed by atoms with Gasteiger partial charge in [-0.05, 0) is 23.8 Å². The van der Waals surface area contributed by atoms with Crippen molar-refractivity contribution in [3.8, 4) is 6.07 Å². The molecule has 0 aliphatic carbocycles. The molecule has 0 radical (unpaired) electrons. The topological polar surface area (TPSA) is 48.7 Å². The molecule has 1 aromatic heterocycles. The number of benzene rings is 1. The third-order valence-electron chi connectivity index (χ3n) is 2.64. The molecule has 1 aromatic carbocycles. The molecule has 1 N–H and O–H groups in total. The number of hydrogen-bond acceptors (Lipinski definition) is 3. The summed E-state index contributed by atoms with van der Waals surface area (Å²) in [7, 11) is 0. The molecule has 96 valence electrons. The van der Waals surface area contributed by atoms with Crippen LogP contribution in [0.3, 0.4) is 0 Å². The second kappa shape index (κ2) is 6.53. The highest BCUT2D eigenvalue weighted by atomic mass is 35.5. The Bertz CT molecular complexity index is 593. The number of rotatable bonds is 4. The minimum atomic E-state index is -0.482. The second-order valence-corrected chi connectivity index (χ2v) is 4.81.